The van der Waals surface area contributed by atoms with E-state index in [2.05, 4.69) is 0 Å². The van der Waals surface area contributed by atoms with Crippen LogP contribution in [0.4, 0.5) is 0 Å². The topological polar surface area (TPSA) is 275 Å². The lowest BCUT2D eigenvalue weighted by molar-refractivity contribution is -0.278. The molecule has 0 aromatic heterocycles. The van der Waals surface area contributed by atoms with Gasteiger partial charge < -0.3 is 74.1 Å². The van der Waals surface area contributed by atoms with E-state index in [1.807, 2.05) is 0 Å². The molecule has 17 nitrogen and oxygen atoms in total. The SMILES string of the molecule is O=C(C=Cc1ccc(O)cc1)OC[C@H]1O[C@@H](Oc2cc(=O)cc3oc(-c4ccc(O)cc4)c(O[C@@H]4O[C@H](CO)[C@@H](O)[C@H](O)[C@H]4O)cc2-3)[C@H](O)[C@@H](O)[C@@H]1O. The van der Waals surface area contributed by atoms with Crippen molar-refractivity contribution < 1.29 is 78.9 Å². The van der Waals surface area contributed by atoms with Gasteiger partial charge in [0.1, 0.15) is 78.4 Å². The Morgan fingerprint density at radius 3 is 1.89 bits per heavy atom. The van der Waals surface area contributed by atoms with Crippen LogP contribution < -0.4 is 14.9 Å². The number of hydrogen-bond acceptors (Lipinski definition) is 17. The van der Waals surface area contributed by atoms with Crippen LogP contribution >= 0.6 is 0 Å². The first kappa shape index (κ1) is 37.7. The molecular formula is C36H36O17. The van der Waals surface area contributed by atoms with E-state index in [1.54, 1.807) is 12.1 Å². The zero-order chi connectivity index (χ0) is 38.0. The highest BCUT2D eigenvalue weighted by molar-refractivity contribution is 5.87. The van der Waals surface area contributed by atoms with Gasteiger partial charge >= 0.3 is 5.97 Å². The van der Waals surface area contributed by atoms with E-state index >= 15 is 0 Å². The normalized spacial score (nSPS) is 28.9. The van der Waals surface area contributed by atoms with Crippen molar-refractivity contribution in [1.82, 2.24) is 0 Å². The van der Waals surface area contributed by atoms with Crippen LogP contribution in [-0.4, -0.2) is 127 Å². The second-order valence-corrected chi connectivity index (χ2v) is 12.3. The highest BCUT2D eigenvalue weighted by Gasteiger charge is 2.47. The zero-order valence-electron chi connectivity index (χ0n) is 27.5. The third kappa shape index (κ3) is 8.28. The maximum absolute atomic E-state index is 12.8. The van der Waals surface area contributed by atoms with Crippen LogP contribution in [0.25, 0.3) is 28.7 Å². The highest BCUT2D eigenvalue weighted by Crippen LogP contribution is 2.43. The molecule has 53 heavy (non-hydrogen) atoms. The van der Waals surface area contributed by atoms with Gasteiger partial charge in [-0.2, -0.15) is 0 Å². The van der Waals surface area contributed by atoms with Crippen molar-refractivity contribution in [2.75, 3.05) is 13.2 Å². The lowest BCUT2D eigenvalue weighted by Gasteiger charge is -2.40. The van der Waals surface area contributed by atoms with Gasteiger partial charge in [-0.15, -0.1) is 0 Å². The van der Waals surface area contributed by atoms with E-state index in [1.165, 1.54) is 48.5 Å². The number of phenolic OH excluding ortho intramolecular Hbond substituents is 2. The number of fused-ring (bicyclic) bond motifs is 1. The maximum Gasteiger partial charge on any atom is 0.330 e. The van der Waals surface area contributed by atoms with Crippen LogP contribution in [0.15, 0.2) is 82.0 Å². The average molecular weight is 741 g/mol. The van der Waals surface area contributed by atoms with Crippen molar-refractivity contribution in [3.05, 3.63) is 88.6 Å². The number of aromatic hydroxyl groups is 2. The molecule has 0 bridgehead atoms. The number of aliphatic hydroxyl groups is 7. The number of aliphatic hydroxyl groups excluding tert-OH is 7. The molecule has 0 amide bonds. The Bertz CT molecular complexity index is 1920. The monoisotopic (exact) mass is 740 g/mol. The first-order valence-corrected chi connectivity index (χ1v) is 16.2. The highest BCUT2D eigenvalue weighted by atomic mass is 16.7. The van der Waals surface area contributed by atoms with Gasteiger partial charge in [-0.05, 0) is 54.1 Å². The molecule has 17 heteroatoms. The van der Waals surface area contributed by atoms with E-state index in [-0.39, 0.29) is 40.1 Å². The minimum absolute atomic E-state index is 0.0190. The summed E-state index contributed by atoms with van der Waals surface area (Å²) in [6.07, 6.45) is -14.4. The second-order valence-electron chi connectivity index (χ2n) is 12.3. The summed E-state index contributed by atoms with van der Waals surface area (Å²) in [6, 6.07) is 15.0. The van der Waals surface area contributed by atoms with Gasteiger partial charge in [0, 0.05) is 23.8 Å². The number of carbonyl (C=O) groups is 1. The third-order valence-electron chi connectivity index (χ3n) is 8.62. The van der Waals surface area contributed by atoms with Gasteiger partial charge in [0.25, 0.3) is 0 Å². The molecule has 2 saturated heterocycles. The lowest BCUT2D eigenvalue weighted by atomic mass is 9.99. The fourth-order valence-electron chi connectivity index (χ4n) is 5.69. The Balaban J connectivity index is 1.28. The molecule has 10 atom stereocenters. The molecule has 9 N–H and O–H groups in total. The van der Waals surface area contributed by atoms with E-state index in [9.17, 15) is 55.5 Å². The smallest absolute Gasteiger partial charge is 0.330 e. The Morgan fingerprint density at radius 2 is 1.26 bits per heavy atom. The van der Waals surface area contributed by atoms with Crippen LogP contribution in [0.2, 0.25) is 0 Å². The fraction of sp³-hybridized carbons (Fsp3) is 0.333. The van der Waals surface area contributed by atoms with E-state index in [0.29, 0.717) is 11.1 Å². The number of ether oxygens (including phenoxy) is 5. The number of benzene rings is 3. The lowest BCUT2D eigenvalue weighted by Crippen LogP contribution is -2.60. The molecule has 0 unspecified atom stereocenters. The standard InChI is InChI=1S/C36H36O17/c37-14-25-28(42)30(44)32(46)36(52-25)51-24-13-21-22(49-34(24)17-4-8-19(39)9-5-17)11-20(40)12-23(21)50-35-33(47)31(45)29(43)26(53-35)15-48-27(41)10-3-16-1-6-18(38)7-2-16/h1-13,25-26,28-33,35-39,42-47H,14-15H2/t25-,26-,28-,29-,30+,31+,32-,33-,35-,36-/m1/s1. The molecule has 0 saturated carbocycles. The molecule has 6 rings (SSSR count). The molecule has 3 heterocycles. The summed E-state index contributed by atoms with van der Waals surface area (Å²) in [5.74, 6) is -1.48. The largest absolute Gasteiger partial charge is 0.508 e. The minimum atomic E-state index is -1.88. The average Bonchev–Trinajstić information content (AvgIpc) is 3.14. The zero-order valence-corrected chi connectivity index (χ0v) is 27.5. The quantitative estimate of drug-likeness (QED) is 0.0728. The Labute approximate surface area is 299 Å². The number of rotatable bonds is 10. The summed E-state index contributed by atoms with van der Waals surface area (Å²) < 4.78 is 34.2. The summed E-state index contributed by atoms with van der Waals surface area (Å²) in [7, 11) is 0. The van der Waals surface area contributed by atoms with Crippen molar-refractivity contribution in [3.63, 3.8) is 0 Å². The molecule has 2 aromatic carbocycles. The summed E-state index contributed by atoms with van der Waals surface area (Å²) in [5.41, 5.74) is 0.275. The Kier molecular flexibility index (Phi) is 11.3. The van der Waals surface area contributed by atoms with Crippen molar-refractivity contribution in [1.29, 1.82) is 0 Å². The minimum Gasteiger partial charge on any atom is -0.508 e. The van der Waals surface area contributed by atoms with Gasteiger partial charge in [-0.1, -0.05) is 12.1 Å². The van der Waals surface area contributed by atoms with Crippen molar-refractivity contribution in [3.8, 4) is 45.6 Å². The van der Waals surface area contributed by atoms with E-state index in [0.717, 1.165) is 18.2 Å². The first-order valence-electron chi connectivity index (χ1n) is 16.2. The summed E-state index contributed by atoms with van der Waals surface area (Å²) in [4.78, 5) is 25.2. The number of hydrogen-bond donors (Lipinski definition) is 9. The van der Waals surface area contributed by atoms with Crippen LogP contribution in [0.1, 0.15) is 5.56 Å². The van der Waals surface area contributed by atoms with Gasteiger partial charge in [0.2, 0.25) is 12.6 Å². The van der Waals surface area contributed by atoms with E-state index < -0.39 is 86.0 Å². The van der Waals surface area contributed by atoms with E-state index in [4.69, 9.17) is 28.1 Å². The summed E-state index contributed by atoms with van der Waals surface area (Å²) in [6.45, 7) is -1.32. The molecule has 0 spiro atoms. The molecule has 3 aliphatic heterocycles. The molecule has 1 aliphatic carbocycles. The number of phenols is 2. The van der Waals surface area contributed by atoms with Crippen LogP contribution in [-0.2, 0) is 19.0 Å². The Morgan fingerprint density at radius 1 is 0.698 bits per heavy atom. The van der Waals surface area contributed by atoms with Gasteiger partial charge in [0.15, 0.2) is 16.9 Å². The Hall–Kier alpha value is -5.08. The van der Waals surface area contributed by atoms with Crippen LogP contribution in [0, 0.1) is 0 Å². The molecule has 0 radical (unpaired) electrons. The summed E-state index contributed by atoms with van der Waals surface area (Å²) in [5, 5.41) is 92.2. The second kappa shape index (κ2) is 15.9. The molecular weight excluding hydrogens is 704 g/mol. The maximum atomic E-state index is 12.8. The van der Waals surface area contributed by atoms with Gasteiger partial charge in [0.05, 0.1) is 12.2 Å². The van der Waals surface area contributed by atoms with Gasteiger partial charge in [-0.25, -0.2) is 4.79 Å². The van der Waals surface area contributed by atoms with Crippen molar-refractivity contribution in [2.45, 2.75) is 61.4 Å². The number of carbonyl (C=O) groups excluding carboxylic acids is 1. The predicted octanol–water partition coefficient (Wildman–Crippen LogP) is -0.556. The van der Waals surface area contributed by atoms with Crippen LogP contribution in [0.3, 0.4) is 0 Å². The first-order chi connectivity index (χ1) is 25.3. The third-order valence-corrected chi connectivity index (χ3v) is 8.62. The molecule has 2 aromatic rings. The molecule has 282 valence electrons. The van der Waals surface area contributed by atoms with Gasteiger partial charge in [-0.3, -0.25) is 4.79 Å². The number of esters is 1. The fourth-order valence-corrected chi connectivity index (χ4v) is 5.69. The predicted molar refractivity (Wildman–Crippen MR) is 179 cm³/mol. The van der Waals surface area contributed by atoms with Crippen molar-refractivity contribution in [2.24, 2.45) is 0 Å². The van der Waals surface area contributed by atoms with Crippen molar-refractivity contribution >= 4 is 12.0 Å². The van der Waals surface area contributed by atoms with Crippen LogP contribution in [0.5, 0.6) is 23.0 Å². The molecule has 4 aliphatic rings. The molecule has 2 fully saturated rings. The summed E-state index contributed by atoms with van der Waals surface area (Å²) >= 11 is 0.